The van der Waals surface area contributed by atoms with Crippen LogP contribution in [0.2, 0.25) is 0 Å². The van der Waals surface area contributed by atoms with Gasteiger partial charge >= 0.3 is 5.97 Å². The highest BCUT2D eigenvalue weighted by atomic mass is 32.1. The summed E-state index contributed by atoms with van der Waals surface area (Å²) in [5.41, 5.74) is 0.832. The van der Waals surface area contributed by atoms with Crippen LogP contribution in [0.3, 0.4) is 0 Å². The third-order valence-electron chi connectivity index (χ3n) is 5.41. The zero-order valence-corrected chi connectivity index (χ0v) is 16.7. The van der Waals surface area contributed by atoms with Gasteiger partial charge in [0.2, 0.25) is 0 Å². The first kappa shape index (κ1) is 19.6. The largest absolute Gasteiger partial charge is 0.466 e. The van der Waals surface area contributed by atoms with Crippen LogP contribution in [0.15, 0.2) is 47.8 Å². The Labute approximate surface area is 165 Å². The molecule has 0 atom stereocenters. The van der Waals surface area contributed by atoms with Crippen LogP contribution in [-0.2, 0) is 16.0 Å². The Hall–Kier alpha value is -2.14. The number of carbonyl (C=O) groups excluding carboxylic acids is 2. The van der Waals surface area contributed by atoms with Crippen LogP contribution in [-0.4, -0.2) is 36.5 Å². The van der Waals surface area contributed by atoms with E-state index in [-0.39, 0.29) is 11.9 Å². The van der Waals surface area contributed by atoms with Crippen molar-refractivity contribution >= 4 is 23.2 Å². The number of piperidine rings is 1. The molecule has 1 aliphatic heterocycles. The van der Waals surface area contributed by atoms with Gasteiger partial charge in [0.1, 0.15) is 0 Å². The van der Waals surface area contributed by atoms with Gasteiger partial charge < -0.3 is 9.64 Å². The molecule has 0 spiro atoms. The van der Waals surface area contributed by atoms with E-state index in [9.17, 15) is 9.59 Å². The minimum absolute atomic E-state index is 0.0757. The fourth-order valence-electron chi connectivity index (χ4n) is 3.81. The second-order valence-corrected chi connectivity index (χ2v) is 8.06. The molecular weight excluding hydrogens is 358 g/mol. The van der Waals surface area contributed by atoms with Crippen LogP contribution < -0.4 is 0 Å². The normalized spacial score (nSPS) is 16.1. The van der Waals surface area contributed by atoms with E-state index in [0.29, 0.717) is 32.5 Å². The van der Waals surface area contributed by atoms with Crippen molar-refractivity contribution in [1.82, 2.24) is 4.90 Å². The van der Waals surface area contributed by atoms with Gasteiger partial charge in [0.05, 0.1) is 16.9 Å². The maximum atomic E-state index is 12.7. The fourth-order valence-corrected chi connectivity index (χ4v) is 4.50. The molecule has 2 aromatic rings. The standard InChI is InChI=1S/C22H27NO3S/c1-2-26-21(25)22(12-6-10-18-8-4-3-5-9-18)13-15-23(16-14-22)20(24)19-11-7-17-27-19/h3-5,7-9,11,17H,2,6,10,12-16H2,1H3. The number of hydrogen-bond acceptors (Lipinski definition) is 4. The highest BCUT2D eigenvalue weighted by molar-refractivity contribution is 7.12. The summed E-state index contributed by atoms with van der Waals surface area (Å²) in [5.74, 6) is -0.0203. The Balaban J connectivity index is 1.62. The second-order valence-electron chi connectivity index (χ2n) is 7.11. The molecule has 0 saturated carbocycles. The summed E-state index contributed by atoms with van der Waals surface area (Å²) in [5, 5.41) is 1.92. The van der Waals surface area contributed by atoms with Crippen LogP contribution in [0.5, 0.6) is 0 Å². The Morgan fingerprint density at radius 3 is 2.48 bits per heavy atom. The van der Waals surface area contributed by atoms with Crippen LogP contribution in [0.25, 0.3) is 0 Å². The van der Waals surface area contributed by atoms with E-state index in [0.717, 1.165) is 24.1 Å². The van der Waals surface area contributed by atoms with E-state index in [4.69, 9.17) is 4.74 Å². The molecule has 3 rings (SSSR count). The summed E-state index contributed by atoms with van der Waals surface area (Å²) in [6, 6.07) is 14.1. The predicted octanol–water partition coefficient (Wildman–Crippen LogP) is 4.56. The minimum atomic E-state index is -0.461. The predicted molar refractivity (Wildman–Crippen MR) is 108 cm³/mol. The van der Waals surface area contributed by atoms with Gasteiger partial charge in [0.25, 0.3) is 5.91 Å². The van der Waals surface area contributed by atoms with E-state index in [2.05, 4.69) is 12.1 Å². The van der Waals surface area contributed by atoms with E-state index in [1.54, 1.807) is 0 Å². The summed E-state index contributed by atoms with van der Waals surface area (Å²) in [7, 11) is 0. The van der Waals surface area contributed by atoms with Gasteiger partial charge in [-0.15, -0.1) is 11.3 Å². The molecule has 2 heterocycles. The summed E-state index contributed by atoms with van der Waals surface area (Å²) in [6.07, 6.45) is 4.07. The molecule has 144 valence electrons. The first-order valence-corrected chi connectivity index (χ1v) is 10.6. The molecule has 1 saturated heterocycles. The van der Waals surface area contributed by atoms with Crippen LogP contribution in [0.4, 0.5) is 0 Å². The number of esters is 1. The van der Waals surface area contributed by atoms with Crippen molar-refractivity contribution in [2.75, 3.05) is 19.7 Å². The topological polar surface area (TPSA) is 46.6 Å². The van der Waals surface area contributed by atoms with Gasteiger partial charge in [-0.1, -0.05) is 36.4 Å². The zero-order valence-electron chi connectivity index (χ0n) is 15.9. The smallest absolute Gasteiger partial charge is 0.312 e. The van der Waals surface area contributed by atoms with Gasteiger partial charge in [0.15, 0.2) is 0 Å². The molecule has 5 heteroatoms. The van der Waals surface area contributed by atoms with Gasteiger partial charge in [-0.05, 0) is 56.0 Å². The Bertz CT molecular complexity index is 734. The zero-order chi connectivity index (χ0) is 19.1. The van der Waals surface area contributed by atoms with Crippen LogP contribution in [0, 0.1) is 5.41 Å². The Kier molecular flexibility index (Phi) is 6.67. The van der Waals surface area contributed by atoms with Crippen molar-refractivity contribution in [2.24, 2.45) is 5.41 Å². The van der Waals surface area contributed by atoms with Gasteiger partial charge in [-0.25, -0.2) is 0 Å². The molecule has 1 amide bonds. The number of hydrogen-bond donors (Lipinski definition) is 0. The maximum absolute atomic E-state index is 12.7. The Morgan fingerprint density at radius 2 is 1.85 bits per heavy atom. The molecule has 1 aliphatic rings. The average Bonchev–Trinajstić information content (AvgIpc) is 3.24. The first-order valence-electron chi connectivity index (χ1n) is 9.68. The molecule has 27 heavy (non-hydrogen) atoms. The monoisotopic (exact) mass is 385 g/mol. The van der Waals surface area contributed by atoms with Gasteiger partial charge in [-0.3, -0.25) is 9.59 Å². The SMILES string of the molecule is CCOC(=O)C1(CCCc2ccccc2)CCN(C(=O)c2cccs2)CC1. The lowest BCUT2D eigenvalue weighted by atomic mass is 9.74. The second kappa shape index (κ2) is 9.18. The molecule has 0 aliphatic carbocycles. The van der Waals surface area contributed by atoms with Crippen molar-refractivity contribution in [2.45, 2.75) is 39.0 Å². The molecule has 0 unspecified atom stereocenters. The van der Waals surface area contributed by atoms with E-state index >= 15 is 0 Å². The molecule has 0 bridgehead atoms. The van der Waals surface area contributed by atoms with Gasteiger partial charge in [-0.2, -0.15) is 0 Å². The molecule has 0 radical (unpaired) electrons. The van der Waals surface area contributed by atoms with Crippen molar-refractivity contribution in [3.63, 3.8) is 0 Å². The molecule has 1 aromatic heterocycles. The molecular formula is C22H27NO3S. The average molecular weight is 386 g/mol. The van der Waals surface area contributed by atoms with Crippen molar-refractivity contribution in [3.05, 3.63) is 58.3 Å². The van der Waals surface area contributed by atoms with Crippen LogP contribution in [0.1, 0.15) is 47.8 Å². The summed E-state index contributed by atoms with van der Waals surface area (Å²) >= 11 is 1.47. The van der Waals surface area contributed by atoms with E-state index in [1.165, 1.54) is 16.9 Å². The van der Waals surface area contributed by atoms with Crippen molar-refractivity contribution < 1.29 is 14.3 Å². The molecule has 1 aromatic carbocycles. The number of ether oxygens (including phenoxy) is 1. The van der Waals surface area contributed by atoms with Gasteiger partial charge in [0, 0.05) is 13.1 Å². The Morgan fingerprint density at radius 1 is 1.11 bits per heavy atom. The highest BCUT2D eigenvalue weighted by Crippen LogP contribution is 2.38. The fraction of sp³-hybridized carbons (Fsp3) is 0.455. The number of thiophene rings is 1. The lowest BCUT2D eigenvalue weighted by Gasteiger charge is -2.40. The number of nitrogens with zero attached hydrogens (tertiary/aromatic N) is 1. The van der Waals surface area contributed by atoms with Crippen molar-refractivity contribution in [1.29, 1.82) is 0 Å². The summed E-state index contributed by atoms with van der Waals surface area (Å²) in [6.45, 7) is 3.48. The highest BCUT2D eigenvalue weighted by Gasteiger charge is 2.43. The number of rotatable bonds is 7. The third kappa shape index (κ3) is 4.78. The molecule has 4 nitrogen and oxygen atoms in total. The molecule has 1 fully saturated rings. The third-order valence-corrected chi connectivity index (χ3v) is 6.27. The first-order chi connectivity index (χ1) is 13.1. The number of aryl methyl sites for hydroxylation is 1. The minimum Gasteiger partial charge on any atom is -0.466 e. The van der Waals surface area contributed by atoms with E-state index < -0.39 is 5.41 Å². The lowest BCUT2D eigenvalue weighted by Crippen LogP contribution is -2.47. The quantitative estimate of drug-likeness (QED) is 0.657. The van der Waals surface area contributed by atoms with Crippen molar-refractivity contribution in [3.8, 4) is 0 Å². The lowest BCUT2D eigenvalue weighted by molar-refractivity contribution is -0.159. The molecule has 0 N–H and O–H groups in total. The van der Waals surface area contributed by atoms with Crippen LogP contribution >= 0.6 is 11.3 Å². The summed E-state index contributed by atoms with van der Waals surface area (Å²) < 4.78 is 5.42. The number of likely N-dealkylation sites (tertiary alicyclic amines) is 1. The number of carbonyl (C=O) groups is 2. The van der Waals surface area contributed by atoms with E-state index in [1.807, 2.05) is 47.5 Å². The maximum Gasteiger partial charge on any atom is 0.312 e. The number of benzene rings is 1. The number of amides is 1. The summed E-state index contributed by atoms with van der Waals surface area (Å²) in [4.78, 5) is 28.0.